The fourth-order valence-electron chi connectivity index (χ4n) is 2.93. The zero-order chi connectivity index (χ0) is 22.1. The number of para-hydroxylation sites is 2. The third-order valence-electron chi connectivity index (χ3n) is 4.36. The van der Waals surface area contributed by atoms with Crippen LogP contribution < -0.4 is 5.32 Å². The van der Waals surface area contributed by atoms with Crippen LogP contribution in [0.3, 0.4) is 0 Å². The van der Waals surface area contributed by atoms with Gasteiger partial charge in [-0.15, -0.1) is 0 Å². The molecule has 0 fully saturated rings. The zero-order valence-corrected chi connectivity index (χ0v) is 16.6. The Morgan fingerprint density at radius 3 is 1.39 bits per heavy atom. The summed E-state index contributed by atoms with van der Waals surface area (Å²) in [6.07, 6.45) is 0. The van der Waals surface area contributed by atoms with E-state index in [1.165, 1.54) is 0 Å². The zero-order valence-electron chi connectivity index (χ0n) is 16.6. The van der Waals surface area contributed by atoms with E-state index >= 15 is 0 Å². The van der Waals surface area contributed by atoms with Gasteiger partial charge in [0.25, 0.3) is 11.8 Å². The maximum atomic E-state index is 11.7. The fourth-order valence-corrected chi connectivity index (χ4v) is 2.93. The Labute approximate surface area is 180 Å². The van der Waals surface area contributed by atoms with Gasteiger partial charge in [-0.1, -0.05) is 78.9 Å². The number of benzene rings is 4. The molecule has 4 aromatic carbocycles. The van der Waals surface area contributed by atoms with Gasteiger partial charge in [-0.3, -0.25) is 14.9 Å². The molecule has 2 amide bonds. The highest BCUT2D eigenvalue weighted by atomic mass is 16.3. The average Bonchev–Trinajstić information content (AvgIpc) is 3.10. The van der Waals surface area contributed by atoms with Crippen molar-refractivity contribution in [3.05, 3.63) is 120 Å². The fraction of sp³-hybridized carbons (Fsp3) is 0. The molecule has 1 heterocycles. The number of phenols is 2. The van der Waals surface area contributed by atoms with E-state index in [1.807, 2.05) is 48.5 Å². The highest BCUT2D eigenvalue weighted by Gasteiger charge is 2.29. The lowest BCUT2D eigenvalue weighted by atomic mass is 9.97. The van der Waals surface area contributed by atoms with Crippen molar-refractivity contribution in [2.24, 2.45) is 0 Å². The molecule has 31 heavy (non-hydrogen) atoms. The highest BCUT2D eigenvalue weighted by Crippen LogP contribution is 2.28. The highest BCUT2D eigenvalue weighted by molar-refractivity contribution is 6.24. The molecule has 0 unspecified atom stereocenters. The quantitative estimate of drug-likeness (QED) is 0.384. The molecule has 5 rings (SSSR count). The molecule has 5 heteroatoms. The van der Waals surface area contributed by atoms with Gasteiger partial charge in [-0.25, -0.2) is 0 Å². The van der Waals surface area contributed by atoms with Gasteiger partial charge in [-0.2, -0.15) is 0 Å². The van der Waals surface area contributed by atoms with E-state index in [-0.39, 0.29) is 11.8 Å². The van der Waals surface area contributed by atoms with E-state index < -0.39 is 0 Å². The average molecular weight is 411 g/mol. The summed E-state index contributed by atoms with van der Waals surface area (Å²) in [6.45, 7) is 0. The summed E-state index contributed by atoms with van der Waals surface area (Å²) in [6, 6.07) is 32.3. The van der Waals surface area contributed by atoms with Crippen LogP contribution in [-0.2, 0) is 0 Å². The summed E-state index contributed by atoms with van der Waals surface area (Å²) in [5, 5.41) is 19.6. The van der Waals surface area contributed by atoms with Crippen molar-refractivity contribution in [3.63, 3.8) is 0 Å². The van der Waals surface area contributed by atoms with Crippen LogP contribution in [0.2, 0.25) is 0 Å². The minimum absolute atomic E-state index is 0.315. The van der Waals surface area contributed by atoms with Gasteiger partial charge in [0.1, 0.15) is 11.5 Å². The number of rotatable bonds is 1. The minimum Gasteiger partial charge on any atom is -0.508 e. The lowest BCUT2D eigenvalue weighted by molar-refractivity contribution is 0.0880. The summed E-state index contributed by atoms with van der Waals surface area (Å²) < 4.78 is 0. The Bertz CT molecular complexity index is 1110. The number of fused-ring (bicyclic) bond motifs is 1. The van der Waals surface area contributed by atoms with Gasteiger partial charge in [0, 0.05) is 0 Å². The monoisotopic (exact) mass is 411 g/mol. The second-order valence-corrected chi connectivity index (χ2v) is 6.55. The number of hydrogen-bond donors (Lipinski definition) is 3. The van der Waals surface area contributed by atoms with Crippen LogP contribution in [0.4, 0.5) is 0 Å². The summed E-state index contributed by atoms with van der Waals surface area (Å²) in [4.78, 5) is 23.3. The first kappa shape index (κ1) is 21.3. The molecule has 0 aliphatic carbocycles. The van der Waals surface area contributed by atoms with Crippen molar-refractivity contribution in [3.8, 4) is 22.6 Å². The number of carbonyl (C=O) groups excluding carboxylic acids is 2. The van der Waals surface area contributed by atoms with E-state index in [2.05, 4.69) is 5.32 Å². The number of hydrogen-bond acceptors (Lipinski definition) is 4. The molecule has 5 nitrogen and oxygen atoms in total. The van der Waals surface area contributed by atoms with E-state index in [0.717, 1.165) is 11.1 Å². The molecule has 4 aromatic rings. The number of nitrogens with one attached hydrogen (secondary N) is 1. The normalized spacial score (nSPS) is 11.2. The molecule has 154 valence electrons. The molecule has 0 atom stereocenters. The van der Waals surface area contributed by atoms with Crippen molar-refractivity contribution in [1.82, 2.24) is 5.32 Å². The van der Waals surface area contributed by atoms with Crippen LogP contribution in [0.25, 0.3) is 11.1 Å². The Morgan fingerprint density at radius 1 is 0.484 bits per heavy atom. The maximum absolute atomic E-state index is 11.7. The molecule has 0 saturated carbocycles. The van der Waals surface area contributed by atoms with Crippen molar-refractivity contribution in [2.45, 2.75) is 0 Å². The molecule has 0 saturated heterocycles. The van der Waals surface area contributed by atoms with Crippen LogP contribution in [0.1, 0.15) is 20.7 Å². The SMILES string of the molecule is O=C1NC(=O)c2c1cccc2-c1ccccc1.Oc1ccccc1.Oc1ccccc1. The smallest absolute Gasteiger partial charge is 0.259 e. The molecule has 1 aliphatic heterocycles. The number of aromatic hydroxyl groups is 2. The molecular formula is C26H21NO4. The number of amides is 2. The Balaban J connectivity index is 0.000000160. The first-order valence-electron chi connectivity index (χ1n) is 9.58. The third-order valence-corrected chi connectivity index (χ3v) is 4.36. The molecule has 3 N–H and O–H groups in total. The molecule has 0 aromatic heterocycles. The lowest BCUT2D eigenvalue weighted by Crippen LogP contribution is -2.20. The van der Waals surface area contributed by atoms with Crippen molar-refractivity contribution < 1.29 is 19.8 Å². The summed E-state index contributed by atoms with van der Waals surface area (Å²) >= 11 is 0. The van der Waals surface area contributed by atoms with Crippen LogP contribution in [0.15, 0.2) is 109 Å². The Kier molecular flexibility index (Phi) is 7.16. The van der Waals surface area contributed by atoms with Gasteiger partial charge in [0.2, 0.25) is 0 Å². The molecule has 0 radical (unpaired) electrons. The van der Waals surface area contributed by atoms with E-state index in [9.17, 15) is 9.59 Å². The van der Waals surface area contributed by atoms with Crippen molar-refractivity contribution in [2.75, 3.05) is 0 Å². The van der Waals surface area contributed by atoms with Crippen LogP contribution in [0.5, 0.6) is 11.5 Å². The van der Waals surface area contributed by atoms with Crippen LogP contribution in [-0.4, -0.2) is 22.0 Å². The molecule has 0 spiro atoms. The molecular weight excluding hydrogens is 390 g/mol. The van der Waals surface area contributed by atoms with E-state index in [1.54, 1.807) is 60.7 Å². The van der Waals surface area contributed by atoms with Crippen molar-refractivity contribution >= 4 is 11.8 Å². The minimum atomic E-state index is -0.317. The van der Waals surface area contributed by atoms with Crippen LogP contribution >= 0.6 is 0 Å². The largest absolute Gasteiger partial charge is 0.508 e. The number of imide groups is 1. The topological polar surface area (TPSA) is 86.6 Å². The standard InChI is InChI=1S/C14H9NO2.2C6H6O/c16-13-11-8-4-7-10(12(11)14(17)15-13)9-5-2-1-3-6-9;2*7-6-4-2-1-3-5-6/h1-8H,(H,15,16,17);2*1-5,7H. The number of carbonyl (C=O) groups is 2. The first-order valence-corrected chi connectivity index (χ1v) is 9.58. The lowest BCUT2D eigenvalue weighted by Gasteiger charge is -2.05. The van der Waals surface area contributed by atoms with E-state index in [4.69, 9.17) is 10.2 Å². The molecule has 1 aliphatic rings. The van der Waals surface area contributed by atoms with Gasteiger partial charge in [0.15, 0.2) is 0 Å². The van der Waals surface area contributed by atoms with Gasteiger partial charge >= 0.3 is 0 Å². The first-order chi connectivity index (χ1) is 15.1. The summed E-state index contributed by atoms with van der Waals surface area (Å²) in [5.74, 6) is 0.0113. The predicted molar refractivity (Wildman–Crippen MR) is 120 cm³/mol. The number of phenolic OH excluding ortho intramolecular Hbond substituents is 2. The van der Waals surface area contributed by atoms with E-state index in [0.29, 0.717) is 22.6 Å². The summed E-state index contributed by atoms with van der Waals surface area (Å²) in [5.41, 5.74) is 2.67. The van der Waals surface area contributed by atoms with Crippen LogP contribution in [0, 0.1) is 0 Å². The van der Waals surface area contributed by atoms with Gasteiger partial charge < -0.3 is 10.2 Å². The molecule has 0 bridgehead atoms. The summed E-state index contributed by atoms with van der Waals surface area (Å²) in [7, 11) is 0. The maximum Gasteiger partial charge on any atom is 0.259 e. The van der Waals surface area contributed by atoms with Crippen molar-refractivity contribution in [1.29, 1.82) is 0 Å². The Hall–Kier alpha value is -4.38. The predicted octanol–water partition coefficient (Wildman–Crippen LogP) is 5.02. The second-order valence-electron chi connectivity index (χ2n) is 6.55. The second kappa shape index (κ2) is 10.4. The van der Waals surface area contributed by atoms with Gasteiger partial charge in [-0.05, 0) is 41.5 Å². The third kappa shape index (κ3) is 5.81. The Morgan fingerprint density at radius 2 is 0.935 bits per heavy atom. The van der Waals surface area contributed by atoms with Gasteiger partial charge in [0.05, 0.1) is 11.1 Å².